The highest BCUT2D eigenvalue weighted by Crippen LogP contribution is 2.22. The van der Waals surface area contributed by atoms with Crippen LogP contribution in [0.25, 0.3) is 0 Å². The highest BCUT2D eigenvalue weighted by Gasteiger charge is 2.26. The Morgan fingerprint density at radius 1 is 1.26 bits per heavy atom. The van der Waals surface area contributed by atoms with Crippen LogP contribution in [-0.2, 0) is 0 Å². The van der Waals surface area contributed by atoms with Gasteiger partial charge < -0.3 is 14.5 Å². The van der Waals surface area contributed by atoms with Crippen molar-refractivity contribution in [2.45, 2.75) is 25.8 Å². The third kappa shape index (κ3) is 3.49. The molecule has 0 amide bonds. The van der Waals surface area contributed by atoms with E-state index in [1.807, 2.05) is 13.0 Å². The number of methoxy groups -OCH3 is 1. The number of aromatic nitrogens is 4. The van der Waals surface area contributed by atoms with Gasteiger partial charge in [0.1, 0.15) is 0 Å². The topological polar surface area (TPSA) is 67.3 Å². The Morgan fingerprint density at radius 2 is 2.04 bits per heavy atom. The Labute approximate surface area is 136 Å². The average molecular weight is 314 g/mol. The van der Waals surface area contributed by atoms with Gasteiger partial charge in [0.2, 0.25) is 11.9 Å². The van der Waals surface area contributed by atoms with Crippen LogP contribution in [0.3, 0.4) is 0 Å². The lowest BCUT2D eigenvalue weighted by Crippen LogP contribution is -2.47. The van der Waals surface area contributed by atoms with Gasteiger partial charge in [0.05, 0.1) is 19.5 Å². The van der Waals surface area contributed by atoms with Crippen LogP contribution in [-0.4, -0.2) is 53.2 Å². The van der Waals surface area contributed by atoms with E-state index < -0.39 is 0 Å². The van der Waals surface area contributed by atoms with E-state index in [1.54, 1.807) is 25.7 Å². The molecule has 1 aliphatic heterocycles. The summed E-state index contributed by atoms with van der Waals surface area (Å²) in [7, 11) is 3.67. The molecule has 3 rings (SSSR count). The second-order valence-corrected chi connectivity index (χ2v) is 5.77. The third-order valence-electron chi connectivity index (χ3n) is 4.17. The molecule has 1 aliphatic rings. The summed E-state index contributed by atoms with van der Waals surface area (Å²) in [5.41, 5.74) is 0.980. The van der Waals surface area contributed by atoms with E-state index in [1.165, 1.54) is 0 Å². The van der Waals surface area contributed by atoms with E-state index in [0.717, 1.165) is 43.5 Å². The molecular formula is C16H22N6O. The Kier molecular flexibility index (Phi) is 4.55. The first kappa shape index (κ1) is 15.5. The highest BCUT2D eigenvalue weighted by atomic mass is 16.5. The zero-order chi connectivity index (χ0) is 16.2. The molecule has 1 atom stereocenters. The van der Waals surface area contributed by atoms with Gasteiger partial charge in [-0.15, -0.1) is 0 Å². The summed E-state index contributed by atoms with van der Waals surface area (Å²) in [6.07, 6.45) is 7.43. The van der Waals surface area contributed by atoms with Gasteiger partial charge in [0.15, 0.2) is 5.75 Å². The van der Waals surface area contributed by atoms with Crippen LogP contribution in [0.4, 0.5) is 11.9 Å². The van der Waals surface area contributed by atoms with Gasteiger partial charge in [0, 0.05) is 38.1 Å². The lowest BCUT2D eigenvalue weighted by molar-refractivity contribution is 0.410. The minimum Gasteiger partial charge on any atom is -0.494 e. The summed E-state index contributed by atoms with van der Waals surface area (Å²) in [6, 6.07) is 2.26. The van der Waals surface area contributed by atoms with Gasteiger partial charge in [-0.05, 0) is 25.8 Å². The molecule has 1 unspecified atom stereocenters. The van der Waals surface area contributed by atoms with E-state index in [4.69, 9.17) is 4.74 Å². The second kappa shape index (κ2) is 6.76. The number of nitrogens with zero attached hydrogens (tertiary/aromatic N) is 6. The maximum absolute atomic E-state index is 5.12. The maximum atomic E-state index is 5.12. The van der Waals surface area contributed by atoms with E-state index in [2.05, 4.69) is 36.8 Å². The number of aryl methyl sites for hydroxylation is 1. The van der Waals surface area contributed by atoms with Crippen LogP contribution in [0.1, 0.15) is 18.5 Å². The number of hydrogen-bond donors (Lipinski definition) is 0. The molecule has 1 saturated heterocycles. The van der Waals surface area contributed by atoms with E-state index in [0.29, 0.717) is 11.8 Å². The van der Waals surface area contributed by atoms with Crippen molar-refractivity contribution in [3.8, 4) is 5.75 Å². The van der Waals surface area contributed by atoms with Crippen LogP contribution >= 0.6 is 0 Å². The van der Waals surface area contributed by atoms with Crippen LogP contribution < -0.4 is 14.5 Å². The zero-order valence-electron chi connectivity index (χ0n) is 13.8. The van der Waals surface area contributed by atoms with Gasteiger partial charge in [-0.3, -0.25) is 0 Å². The normalized spacial score (nSPS) is 17.9. The molecule has 0 spiro atoms. The van der Waals surface area contributed by atoms with Crippen LogP contribution in [0.2, 0.25) is 0 Å². The fraction of sp³-hybridized carbons (Fsp3) is 0.500. The fourth-order valence-electron chi connectivity index (χ4n) is 2.80. The van der Waals surface area contributed by atoms with E-state index in [9.17, 15) is 0 Å². The highest BCUT2D eigenvalue weighted by molar-refractivity contribution is 5.36. The van der Waals surface area contributed by atoms with Gasteiger partial charge >= 0.3 is 0 Å². The molecule has 7 nitrogen and oxygen atoms in total. The smallest absolute Gasteiger partial charge is 0.225 e. The molecule has 0 bridgehead atoms. The first-order valence-corrected chi connectivity index (χ1v) is 7.81. The summed E-state index contributed by atoms with van der Waals surface area (Å²) < 4.78 is 5.12. The molecular weight excluding hydrogens is 292 g/mol. The van der Waals surface area contributed by atoms with Gasteiger partial charge in [-0.2, -0.15) is 0 Å². The second-order valence-electron chi connectivity index (χ2n) is 5.77. The first-order chi connectivity index (χ1) is 11.2. The number of hydrogen-bond acceptors (Lipinski definition) is 7. The molecule has 0 N–H and O–H groups in total. The SMILES string of the molecule is COc1cnc(N2CCCC(N(C)c3nccc(C)n3)C2)nc1. The van der Waals surface area contributed by atoms with Crippen molar-refractivity contribution in [3.63, 3.8) is 0 Å². The number of anilines is 2. The van der Waals surface area contributed by atoms with Crippen LogP contribution in [0.5, 0.6) is 5.75 Å². The van der Waals surface area contributed by atoms with E-state index in [-0.39, 0.29) is 0 Å². The molecule has 7 heteroatoms. The summed E-state index contributed by atoms with van der Waals surface area (Å²) in [5.74, 6) is 2.19. The Hall–Kier alpha value is -2.44. The molecule has 0 saturated carbocycles. The molecule has 122 valence electrons. The quantitative estimate of drug-likeness (QED) is 0.850. The molecule has 0 aromatic carbocycles. The minimum atomic E-state index is 0.344. The molecule has 0 radical (unpaired) electrons. The van der Waals surface area contributed by atoms with Crippen molar-refractivity contribution in [2.24, 2.45) is 0 Å². The molecule has 1 fully saturated rings. The van der Waals surface area contributed by atoms with Gasteiger partial charge in [-0.1, -0.05) is 0 Å². The maximum Gasteiger partial charge on any atom is 0.225 e. The number of rotatable bonds is 4. The average Bonchev–Trinajstić information content (AvgIpc) is 2.61. The minimum absolute atomic E-state index is 0.344. The molecule has 0 aliphatic carbocycles. The van der Waals surface area contributed by atoms with Crippen molar-refractivity contribution in [2.75, 3.05) is 37.0 Å². The zero-order valence-corrected chi connectivity index (χ0v) is 13.8. The number of ether oxygens (including phenoxy) is 1. The predicted molar refractivity (Wildman–Crippen MR) is 89.0 cm³/mol. The predicted octanol–water partition coefficient (Wildman–Crippen LogP) is 1.69. The lowest BCUT2D eigenvalue weighted by Gasteiger charge is -2.37. The standard InChI is InChI=1S/C16H22N6O/c1-12-6-7-17-16(20-12)21(2)13-5-4-8-22(11-13)15-18-9-14(23-3)10-19-15/h6-7,9-10,13H,4-5,8,11H2,1-3H3. The van der Waals surface area contributed by atoms with Crippen molar-refractivity contribution < 1.29 is 4.74 Å². The van der Waals surface area contributed by atoms with Crippen molar-refractivity contribution in [1.82, 2.24) is 19.9 Å². The number of piperidine rings is 1. The van der Waals surface area contributed by atoms with Gasteiger partial charge in [0.25, 0.3) is 0 Å². The van der Waals surface area contributed by atoms with E-state index >= 15 is 0 Å². The molecule has 3 heterocycles. The summed E-state index contributed by atoms with van der Waals surface area (Å²) >= 11 is 0. The van der Waals surface area contributed by atoms with Crippen molar-refractivity contribution in [1.29, 1.82) is 0 Å². The largest absolute Gasteiger partial charge is 0.494 e. The molecule has 2 aromatic rings. The Balaban J connectivity index is 1.72. The van der Waals surface area contributed by atoms with Crippen LogP contribution in [0.15, 0.2) is 24.7 Å². The third-order valence-corrected chi connectivity index (χ3v) is 4.17. The monoisotopic (exact) mass is 314 g/mol. The molecule has 23 heavy (non-hydrogen) atoms. The first-order valence-electron chi connectivity index (χ1n) is 7.81. The Morgan fingerprint density at radius 3 is 2.74 bits per heavy atom. The molecule has 2 aromatic heterocycles. The van der Waals surface area contributed by atoms with Crippen molar-refractivity contribution in [3.05, 3.63) is 30.4 Å². The summed E-state index contributed by atoms with van der Waals surface area (Å²) in [5, 5.41) is 0. The summed E-state index contributed by atoms with van der Waals surface area (Å²) in [4.78, 5) is 22.1. The Bertz CT molecular complexity index is 647. The van der Waals surface area contributed by atoms with Crippen molar-refractivity contribution >= 4 is 11.9 Å². The number of likely N-dealkylation sites (N-methyl/N-ethyl adjacent to an activating group) is 1. The van der Waals surface area contributed by atoms with Crippen LogP contribution in [0, 0.1) is 6.92 Å². The summed E-state index contributed by atoms with van der Waals surface area (Å²) in [6.45, 7) is 3.81. The lowest BCUT2D eigenvalue weighted by atomic mass is 10.1. The fourth-order valence-corrected chi connectivity index (χ4v) is 2.80. The van der Waals surface area contributed by atoms with Gasteiger partial charge in [-0.25, -0.2) is 19.9 Å².